The summed E-state index contributed by atoms with van der Waals surface area (Å²) in [5, 5.41) is 0. The van der Waals surface area contributed by atoms with E-state index in [4.69, 9.17) is 10.5 Å². The summed E-state index contributed by atoms with van der Waals surface area (Å²) in [6, 6.07) is 8.44. The summed E-state index contributed by atoms with van der Waals surface area (Å²) in [6.45, 7) is 2.77. The molecule has 14 heavy (non-hydrogen) atoms. The minimum absolute atomic E-state index is 0.170. The second-order valence-corrected chi connectivity index (χ2v) is 4.25. The van der Waals surface area contributed by atoms with E-state index in [1.807, 2.05) is 6.92 Å². The first-order chi connectivity index (χ1) is 6.77. The Kier molecular flexibility index (Phi) is 5.01. The zero-order chi connectivity index (χ0) is 10.4. The molecule has 0 heterocycles. The van der Waals surface area contributed by atoms with Gasteiger partial charge in [0.25, 0.3) is 0 Å². The molecule has 0 saturated carbocycles. The van der Waals surface area contributed by atoms with Crippen LogP contribution in [0.3, 0.4) is 0 Å². The lowest BCUT2D eigenvalue weighted by Gasteiger charge is -2.09. The molecule has 0 aromatic heterocycles. The molecule has 0 radical (unpaired) electrons. The van der Waals surface area contributed by atoms with Crippen molar-refractivity contribution < 1.29 is 4.74 Å². The van der Waals surface area contributed by atoms with Gasteiger partial charge in [0.2, 0.25) is 0 Å². The maximum absolute atomic E-state index is 5.44. The highest BCUT2D eigenvalue weighted by molar-refractivity contribution is 7.99. The highest BCUT2D eigenvalue weighted by Gasteiger charge is 2.02. The highest BCUT2D eigenvalue weighted by Crippen LogP contribution is 2.21. The molecule has 1 aromatic rings. The summed E-state index contributed by atoms with van der Waals surface area (Å²) in [5.74, 6) is 0.971. The van der Waals surface area contributed by atoms with Crippen molar-refractivity contribution in [3.63, 3.8) is 0 Å². The van der Waals surface area contributed by atoms with E-state index >= 15 is 0 Å². The molecule has 0 aliphatic rings. The van der Waals surface area contributed by atoms with Crippen molar-refractivity contribution in [2.75, 3.05) is 19.4 Å². The Bertz CT molecular complexity index is 260. The Balaban J connectivity index is 2.59. The summed E-state index contributed by atoms with van der Waals surface area (Å²) in [5.41, 5.74) is 6.65. The Morgan fingerprint density at radius 3 is 2.50 bits per heavy atom. The molecule has 0 amide bonds. The third kappa shape index (κ3) is 3.33. The molecular formula is C11H17NOS. The lowest BCUT2D eigenvalue weighted by molar-refractivity contribution is 0.119. The van der Waals surface area contributed by atoms with Crippen molar-refractivity contribution >= 4 is 11.8 Å². The molecule has 0 fully saturated rings. The number of nitrogens with two attached hydrogens (primary N) is 1. The van der Waals surface area contributed by atoms with Crippen LogP contribution in [0.4, 0.5) is 0 Å². The zero-order valence-corrected chi connectivity index (χ0v) is 9.51. The number of methoxy groups -OCH3 is 1. The van der Waals surface area contributed by atoms with Crippen molar-refractivity contribution in [2.45, 2.75) is 17.9 Å². The van der Waals surface area contributed by atoms with Crippen LogP contribution < -0.4 is 5.73 Å². The van der Waals surface area contributed by atoms with Gasteiger partial charge in [0.05, 0.1) is 6.10 Å². The van der Waals surface area contributed by atoms with Crippen molar-refractivity contribution in [1.82, 2.24) is 0 Å². The molecular weight excluding hydrogens is 194 g/mol. The predicted molar refractivity (Wildman–Crippen MR) is 61.6 cm³/mol. The lowest BCUT2D eigenvalue weighted by atomic mass is 10.1. The Morgan fingerprint density at radius 2 is 2.00 bits per heavy atom. The van der Waals surface area contributed by atoms with Crippen molar-refractivity contribution in [1.29, 1.82) is 0 Å². The predicted octanol–water partition coefficient (Wildman–Crippen LogP) is 2.44. The van der Waals surface area contributed by atoms with Gasteiger partial charge in [-0.15, -0.1) is 11.8 Å². The monoisotopic (exact) mass is 211 g/mol. The van der Waals surface area contributed by atoms with Gasteiger partial charge in [-0.3, -0.25) is 0 Å². The van der Waals surface area contributed by atoms with Crippen molar-refractivity contribution in [3.8, 4) is 0 Å². The van der Waals surface area contributed by atoms with E-state index in [0.29, 0.717) is 0 Å². The fraction of sp³-hybridized carbons (Fsp3) is 0.455. The maximum Gasteiger partial charge on any atom is 0.0793 e. The van der Waals surface area contributed by atoms with Crippen molar-refractivity contribution in [3.05, 3.63) is 29.8 Å². The SMILES string of the molecule is COC(C)c1ccc(SCCN)cc1. The molecule has 0 aliphatic carbocycles. The average Bonchev–Trinajstić information content (AvgIpc) is 2.26. The van der Waals surface area contributed by atoms with Crippen LogP contribution in [-0.2, 0) is 4.74 Å². The van der Waals surface area contributed by atoms with Gasteiger partial charge in [0.15, 0.2) is 0 Å². The molecule has 0 aliphatic heterocycles. The summed E-state index contributed by atoms with van der Waals surface area (Å²) in [6.07, 6.45) is 0.170. The Morgan fingerprint density at radius 1 is 1.36 bits per heavy atom. The largest absolute Gasteiger partial charge is 0.377 e. The maximum atomic E-state index is 5.44. The Labute approximate surface area is 89.8 Å². The van der Waals surface area contributed by atoms with Gasteiger partial charge in [-0.05, 0) is 24.6 Å². The number of benzene rings is 1. The Hall–Kier alpha value is -0.510. The van der Waals surface area contributed by atoms with E-state index in [-0.39, 0.29) is 6.10 Å². The summed E-state index contributed by atoms with van der Waals surface area (Å²) >= 11 is 1.78. The summed E-state index contributed by atoms with van der Waals surface area (Å²) in [4.78, 5) is 1.27. The fourth-order valence-corrected chi connectivity index (χ4v) is 1.83. The molecule has 1 rings (SSSR count). The second kappa shape index (κ2) is 6.06. The molecule has 3 heteroatoms. The van der Waals surface area contributed by atoms with Crippen LogP contribution in [0.1, 0.15) is 18.6 Å². The van der Waals surface area contributed by atoms with Crippen LogP contribution >= 0.6 is 11.8 Å². The topological polar surface area (TPSA) is 35.2 Å². The molecule has 1 aromatic carbocycles. The normalized spacial score (nSPS) is 12.8. The number of rotatable bonds is 5. The number of ether oxygens (including phenoxy) is 1. The van der Waals surface area contributed by atoms with E-state index in [2.05, 4.69) is 24.3 Å². The molecule has 2 nitrogen and oxygen atoms in total. The quantitative estimate of drug-likeness (QED) is 0.760. The van der Waals surface area contributed by atoms with Crippen LogP contribution in [0.15, 0.2) is 29.2 Å². The molecule has 0 saturated heterocycles. The van der Waals surface area contributed by atoms with Gasteiger partial charge in [-0.2, -0.15) is 0 Å². The number of hydrogen-bond acceptors (Lipinski definition) is 3. The summed E-state index contributed by atoms with van der Waals surface area (Å²) in [7, 11) is 1.72. The van der Waals surface area contributed by atoms with Crippen LogP contribution in [0.5, 0.6) is 0 Å². The van der Waals surface area contributed by atoms with Crippen LogP contribution in [-0.4, -0.2) is 19.4 Å². The van der Waals surface area contributed by atoms with E-state index in [1.54, 1.807) is 18.9 Å². The van der Waals surface area contributed by atoms with E-state index in [1.165, 1.54) is 10.5 Å². The van der Waals surface area contributed by atoms with Gasteiger partial charge >= 0.3 is 0 Å². The first-order valence-corrected chi connectivity index (χ1v) is 5.72. The smallest absolute Gasteiger partial charge is 0.0793 e. The van der Waals surface area contributed by atoms with Crippen LogP contribution in [0.2, 0.25) is 0 Å². The molecule has 0 spiro atoms. The molecule has 78 valence electrons. The molecule has 0 bridgehead atoms. The first-order valence-electron chi connectivity index (χ1n) is 4.73. The molecule has 1 atom stereocenters. The zero-order valence-electron chi connectivity index (χ0n) is 8.69. The van der Waals surface area contributed by atoms with E-state index < -0.39 is 0 Å². The van der Waals surface area contributed by atoms with Gasteiger partial charge < -0.3 is 10.5 Å². The van der Waals surface area contributed by atoms with Crippen LogP contribution in [0.25, 0.3) is 0 Å². The molecule has 2 N–H and O–H groups in total. The lowest BCUT2D eigenvalue weighted by Crippen LogP contribution is -2.01. The number of thioether (sulfide) groups is 1. The van der Waals surface area contributed by atoms with Crippen LogP contribution in [0, 0.1) is 0 Å². The minimum atomic E-state index is 0.170. The van der Waals surface area contributed by atoms with Gasteiger partial charge in [0, 0.05) is 24.3 Å². The molecule has 1 unspecified atom stereocenters. The highest BCUT2D eigenvalue weighted by atomic mass is 32.2. The van der Waals surface area contributed by atoms with Crippen molar-refractivity contribution in [2.24, 2.45) is 5.73 Å². The van der Waals surface area contributed by atoms with Gasteiger partial charge in [-0.25, -0.2) is 0 Å². The third-order valence-corrected chi connectivity index (χ3v) is 3.13. The van der Waals surface area contributed by atoms with Gasteiger partial charge in [0.1, 0.15) is 0 Å². The second-order valence-electron chi connectivity index (χ2n) is 3.08. The number of hydrogen-bond donors (Lipinski definition) is 1. The van der Waals surface area contributed by atoms with Gasteiger partial charge in [-0.1, -0.05) is 12.1 Å². The standard InChI is InChI=1S/C11H17NOS/c1-9(13-2)10-3-5-11(6-4-10)14-8-7-12/h3-6,9H,7-8,12H2,1-2H3. The van der Waals surface area contributed by atoms with E-state index in [9.17, 15) is 0 Å². The fourth-order valence-electron chi connectivity index (χ4n) is 1.15. The van der Waals surface area contributed by atoms with E-state index in [0.717, 1.165) is 12.3 Å². The average molecular weight is 211 g/mol. The minimum Gasteiger partial charge on any atom is -0.377 e. The first kappa shape index (κ1) is 11.6. The third-order valence-electron chi connectivity index (χ3n) is 2.09. The summed E-state index contributed by atoms with van der Waals surface area (Å²) < 4.78 is 5.23.